The smallest absolute Gasteiger partial charge is 0.267 e. The Morgan fingerprint density at radius 2 is 2.04 bits per heavy atom. The molecule has 24 heavy (non-hydrogen) atoms. The van der Waals surface area contributed by atoms with Crippen molar-refractivity contribution >= 4 is 16.0 Å². The molecule has 0 aromatic carbocycles. The maximum absolute atomic E-state index is 12.6. The molecule has 0 aliphatic heterocycles. The first-order valence-electron chi connectivity index (χ1n) is 8.46. The zero-order chi connectivity index (χ0) is 16.7. The quantitative estimate of drug-likeness (QED) is 0.830. The van der Waals surface area contributed by atoms with Crippen LogP contribution >= 0.6 is 0 Å². The van der Waals surface area contributed by atoms with Gasteiger partial charge in [0.05, 0.1) is 6.20 Å². The van der Waals surface area contributed by atoms with Gasteiger partial charge < -0.3 is 0 Å². The minimum Gasteiger partial charge on any atom is -0.271 e. The lowest BCUT2D eigenvalue weighted by Gasteiger charge is -2.08. The van der Waals surface area contributed by atoms with Crippen LogP contribution in [0.1, 0.15) is 49.9 Å². The summed E-state index contributed by atoms with van der Waals surface area (Å²) >= 11 is 0. The zero-order valence-corrected chi connectivity index (χ0v) is 14.5. The monoisotopic (exact) mass is 347 g/mol. The highest BCUT2D eigenvalue weighted by atomic mass is 32.2. The summed E-state index contributed by atoms with van der Waals surface area (Å²) in [6, 6.07) is 1.98. The fraction of sp³-hybridized carbons (Fsp3) is 0.562. The Hall–Kier alpha value is -1.96. The van der Waals surface area contributed by atoms with Crippen LogP contribution in [0, 0.1) is 5.92 Å². The van der Waals surface area contributed by atoms with E-state index in [1.54, 1.807) is 10.9 Å². The van der Waals surface area contributed by atoms with E-state index in [9.17, 15) is 8.42 Å². The third-order valence-electron chi connectivity index (χ3n) is 4.44. The predicted octanol–water partition coefficient (Wildman–Crippen LogP) is 2.32. The molecule has 0 unspecified atom stereocenters. The molecule has 2 fully saturated rings. The van der Waals surface area contributed by atoms with Crippen molar-refractivity contribution in [1.29, 1.82) is 0 Å². The largest absolute Gasteiger partial charge is 0.271 e. The number of hydrogen-bond donors (Lipinski definition) is 1. The Balaban J connectivity index is 1.56. The number of nitrogens with one attached hydrogen (secondary N) is 1. The van der Waals surface area contributed by atoms with E-state index in [0.717, 1.165) is 37.2 Å². The minimum absolute atomic E-state index is 0.154. The normalized spacial score (nSPS) is 17.9. The Bertz CT molecular complexity index is 853. The Labute approximate surface area is 141 Å². The molecule has 1 N–H and O–H groups in total. The second-order valence-corrected chi connectivity index (χ2v) is 8.36. The average Bonchev–Trinajstić information content (AvgIpc) is 3.45. The van der Waals surface area contributed by atoms with Gasteiger partial charge in [0.2, 0.25) is 5.95 Å². The highest BCUT2D eigenvalue weighted by molar-refractivity contribution is 7.92. The van der Waals surface area contributed by atoms with Gasteiger partial charge in [-0.25, -0.2) is 23.1 Å². The second kappa shape index (κ2) is 5.84. The lowest BCUT2D eigenvalue weighted by molar-refractivity contribution is 0.561. The van der Waals surface area contributed by atoms with Crippen molar-refractivity contribution in [3.05, 3.63) is 29.8 Å². The molecule has 2 aliphatic carbocycles. The number of nitrogens with zero attached hydrogens (tertiary/aromatic N) is 4. The molecule has 2 aliphatic rings. The van der Waals surface area contributed by atoms with Crippen LogP contribution in [-0.2, 0) is 23.0 Å². The van der Waals surface area contributed by atoms with Crippen molar-refractivity contribution in [2.45, 2.75) is 56.4 Å². The molecule has 2 heterocycles. The zero-order valence-electron chi connectivity index (χ0n) is 13.6. The van der Waals surface area contributed by atoms with Crippen LogP contribution in [-0.4, -0.2) is 28.2 Å². The van der Waals surface area contributed by atoms with Crippen molar-refractivity contribution < 1.29 is 8.42 Å². The van der Waals surface area contributed by atoms with E-state index in [2.05, 4.69) is 19.8 Å². The van der Waals surface area contributed by atoms with E-state index in [1.807, 2.05) is 13.0 Å². The first kappa shape index (κ1) is 15.6. The summed E-state index contributed by atoms with van der Waals surface area (Å²) in [6.07, 6.45) is 8.32. The second-order valence-electron chi connectivity index (χ2n) is 6.68. The minimum atomic E-state index is -3.71. The van der Waals surface area contributed by atoms with E-state index >= 15 is 0 Å². The average molecular weight is 347 g/mol. The van der Waals surface area contributed by atoms with Gasteiger partial charge in [-0.15, -0.1) is 0 Å². The summed E-state index contributed by atoms with van der Waals surface area (Å²) in [7, 11) is -3.71. The van der Waals surface area contributed by atoms with Gasteiger partial charge >= 0.3 is 0 Å². The summed E-state index contributed by atoms with van der Waals surface area (Å²) < 4.78 is 29.3. The standard InChI is InChI=1S/C16H21N5O2S/c1-2-13-7-15(12-5-6-12)19-16(18-13)20-24(22,23)14-8-17-21(10-14)9-11-3-4-11/h7-8,10-12H,2-6,9H2,1H3,(H,18,19,20). The fourth-order valence-corrected chi connectivity index (χ4v) is 3.56. The molecule has 2 aromatic heterocycles. The molecule has 0 radical (unpaired) electrons. The van der Waals surface area contributed by atoms with Gasteiger partial charge in [-0.1, -0.05) is 6.92 Å². The van der Waals surface area contributed by atoms with Crippen molar-refractivity contribution in [2.75, 3.05) is 4.72 Å². The van der Waals surface area contributed by atoms with Crippen LogP contribution in [0.25, 0.3) is 0 Å². The lowest BCUT2D eigenvalue weighted by Crippen LogP contribution is -2.16. The number of sulfonamides is 1. The molecular weight excluding hydrogens is 326 g/mol. The topological polar surface area (TPSA) is 89.8 Å². The maximum atomic E-state index is 12.6. The summed E-state index contributed by atoms with van der Waals surface area (Å²) in [5, 5.41) is 4.15. The molecule has 0 saturated heterocycles. The predicted molar refractivity (Wildman–Crippen MR) is 89.1 cm³/mol. The number of rotatable bonds is 7. The fourth-order valence-electron chi connectivity index (χ4n) is 2.66. The van der Waals surface area contributed by atoms with Gasteiger partial charge in [0, 0.05) is 30.0 Å². The number of anilines is 1. The number of aromatic nitrogens is 4. The van der Waals surface area contributed by atoms with Crippen LogP contribution in [0.2, 0.25) is 0 Å². The molecular formula is C16H21N5O2S. The van der Waals surface area contributed by atoms with Crippen molar-refractivity contribution in [3.8, 4) is 0 Å². The third kappa shape index (κ3) is 3.43. The van der Waals surface area contributed by atoms with Gasteiger partial charge in [0.25, 0.3) is 10.0 Å². The van der Waals surface area contributed by atoms with Crippen molar-refractivity contribution in [3.63, 3.8) is 0 Å². The SMILES string of the molecule is CCc1cc(C2CC2)nc(NS(=O)(=O)c2cnn(CC3CC3)c2)n1. The van der Waals surface area contributed by atoms with Crippen LogP contribution in [0.5, 0.6) is 0 Å². The first-order valence-corrected chi connectivity index (χ1v) is 9.95. The van der Waals surface area contributed by atoms with Gasteiger partial charge in [-0.2, -0.15) is 5.10 Å². The summed E-state index contributed by atoms with van der Waals surface area (Å²) in [5.41, 5.74) is 1.79. The summed E-state index contributed by atoms with van der Waals surface area (Å²) in [5.74, 6) is 1.24. The Kier molecular flexibility index (Phi) is 3.79. The molecule has 7 nitrogen and oxygen atoms in total. The maximum Gasteiger partial charge on any atom is 0.267 e. The Morgan fingerprint density at radius 3 is 2.71 bits per heavy atom. The first-order chi connectivity index (χ1) is 11.5. The molecule has 0 amide bonds. The highest BCUT2D eigenvalue weighted by Gasteiger charge is 2.27. The van der Waals surface area contributed by atoms with Gasteiger partial charge in [0.15, 0.2) is 0 Å². The van der Waals surface area contributed by atoms with E-state index in [0.29, 0.717) is 11.8 Å². The van der Waals surface area contributed by atoms with E-state index in [1.165, 1.54) is 19.0 Å². The van der Waals surface area contributed by atoms with Crippen LogP contribution < -0.4 is 4.72 Å². The van der Waals surface area contributed by atoms with Crippen molar-refractivity contribution in [2.24, 2.45) is 5.92 Å². The van der Waals surface area contributed by atoms with Crippen LogP contribution in [0.15, 0.2) is 23.4 Å². The molecule has 2 saturated carbocycles. The molecule has 8 heteroatoms. The van der Waals surface area contributed by atoms with E-state index in [4.69, 9.17) is 0 Å². The van der Waals surface area contributed by atoms with Gasteiger partial charge in [-0.3, -0.25) is 4.68 Å². The number of hydrogen-bond acceptors (Lipinski definition) is 5. The highest BCUT2D eigenvalue weighted by Crippen LogP contribution is 2.39. The summed E-state index contributed by atoms with van der Waals surface area (Å²) in [4.78, 5) is 8.85. The summed E-state index contributed by atoms with van der Waals surface area (Å²) in [6.45, 7) is 2.78. The lowest BCUT2D eigenvalue weighted by atomic mass is 10.2. The van der Waals surface area contributed by atoms with E-state index in [-0.39, 0.29) is 10.8 Å². The molecule has 2 aromatic rings. The molecule has 0 bridgehead atoms. The molecule has 0 spiro atoms. The van der Waals surface area contributed by atoms with Gasteiger partial charge in [-0.05, 0) is 44.1 Å². The van der Waals surface area contributed by atoms with Crippen LogP contribution in [0.4, 0.5) is 5.95 Å². The number of aryl methyl sites for hydroxylation is 1. The molecule has 4 rings (SSSR count). The Morgan fingerprint density at radius 1 is 1.25 bits per heavy atom. The van der Waals surface area contributed by atoms with Crippen molar-refractivity contribution in [1.82, 2.24) is 19.7 Å². The third-order valence-corrected chi connectivity index (χ3v) is 5.73. The van der Waals surface area contributed by atoms with Crippen LogP contribution in [0.3, 0.4) is 0 Å². The van der Waals surface area contributed by atoms with E-state index < -0.39 is 10.0 Å². The molecule has 128 valence electrons. The molecule has 0 atom stereocenters. The van der Waals surface area contributed by atoms with Gasteiger partial charge in [0.1, 0.15) is 4.90 Å².